The van der Waals surface area contributed by atoms with Crippen LogP contribution < -0.4 is 10.5 Å². The number of halogens is 3. The number of benzene rings is 1. The lowest BCUT2D eigenvalue weighted by Gasteiger charge is -2.20. The van der Waals surface area contributed by atoms with Crippen molar-refractivity contribution in [3.63, 3.8) is 0 Å². The number of rotatable bonds is 11. The van der Waals surface area contributed by atoms with E-state index in [1.807, 2.05) is 32.1 Å². The average molecular weight is 439 g/mol. The molecule has 0 spiro atoms. The molecule has 3 N–H and O–H groups in total. The van der Waals surface area contributed by atoms with Crippen LogP contribution in [0, 0.1) is 5.92 Å². The van der Waals surface area contributed by atoms with Gasteiger partial charge in [0.1, 0.15) is 5.75 Å². The fourth-order valence-electron chi connectivity index (χ4n) is 3.19. The fraction of sp³-hybridized carbons (Fsp3) is 0.458. The molecule has 0 saturated heterocycles. The summed E-state index contributed by atoms with van der Waals surface area (Å²) in [5.41, 5.74) is 9.52. The summed E-state index contributed by atoms with van der Waals surface area (Å²) in [5.74, 6) is -0.189. The van der Waals surface area contributed by atoms with Crippen molar-refractivity contribution < 1.29 is 23.0 Å². The maximum Gasteiger partial charge on any atom is 0.573 e. The Bertz CT molecular complexity index is 803. The van der Waals surface area contributed by atoms with Crippen molar-refractivity contribution in [2.75, 3.05) is 6.61 Å². The van der Waals surface area contributed by atoms with Gasteiger partial charge >= 0.3 is 6.36 Å². The highest BCUT2D eigenvalue weighted by Gasteiger charge is 2.31. The smallest absolute Gasteiger partial charge is 0.406 e. The Hall–Kier alpha value is -2.54. The zero-order valence-electron chi connectivity index (χ0n) is 18.7. The van der Waals surface area contributed by atoms with E-state index in [4.69, 9.17) is 5.73 Å². The van der Waals surface area contributed by atoms with Gasteiger partial charge in [0, 0.05) is 17.0 Å². The number of allylic oxidation sites excluding steroid dienone is 4. The average Bonchev–Trinajstić information content (AvgIpc) is 2.71. The van der Waals surface area contributed by atoms with Crippen LogP contribution in [-0.4, -0.2) is 23.8 Å². The number of aliphatic hydroxyl groups excluding tert-OH is 1. The summed E-state index contributed by atoms with van der Waals surface area (Å²) in [5, 5.41) is 10.0. The molecule has 172 valence electrons. The minimum Gasteiger partial charge on any atom is -0.406 e. The van der Waals surface area contributed by atoms with Gasteiger partial charge in [0.05, 0.1) is 12.3 Å². The van der Waals surface area contributed by atoms with Crippen LogP contribution in [0.3, 0.4) is 0 Å². The van der Waals surface area contributed by atoms with Crippen LogP contribution in [0.2, 0.25) is 0 Å². The third-order valence-corrected chi connectivity index (χ3v) is 4.82. The van der Waals surface area contributed by atoms with Crippen molar-refractivity contribution in [3.05, 3.63) is 59.3 Å². The second kappa shape index (κ2) is 13.0. The Labute approximate surface area is 183 Å². The molecule has 4 nitrogen and oxygen atoms in total. The molecule has 1 rings (SSSR count). The molecule has 0 bridgehead atoms. The number of hydrogen-bond acceptors (Lipinski definition) is 4. The number of aliphatic hydroxyl groups is 1. The first kappa shape index (κ1) is 26.5. The first-order chi connectivity index (χ1) is 14.7. The Morgan fingerprint density at radius 2 is 1.77 bits per heavy atom. The highest BCUT2D eigenvalue weighted by molar-refractivity contribution is 6.04. The topological polar surface area (TPSA) is 67.8 Å². The largest absolute Gasteiger partial charge is 0.573 e. The minimum absolute atomic E-state index is 0.122. The maximum atomic E-state index is 12.4. The van der Waals surface area contributed by atoms with Crippen LogP contribution in [0.1, 0.15) is 53.4 Å². The van der Waals surface area contributed by atoms with Crippen molar-refractivity contribution in [2.45, 2.75) is 59.7 Å². The van der Waals surface area contributed by atoms with Gasteiger partial charge < -0.3 is 15.6 Å². The standard InChI is InChI=1S/C24H33F3N2O2/c1-5-8-9-10-11-19(16-30)22(23(28)18(6-2)7-3)17(4)29-20-12-14-21(15-13-20)31-24(25,26)27/h9-15,18,30H,5-8,16,28H2,1-4H3/b10-9+,19-11-,23-22+,29-17?. The van der Waals surface area contributed by atoms with E-state index in [-0.39, 0.29) is 18.3 Å². The molecule has 1 aromatic rings. The zero-order valence-corrected chi connectivity index (χ0v) is 18.7. The second-order valence-electron chi connectivity index (χ2n) is 7.15. The summed E-state index contributed by atoms with van der Waals surface area (Å²) < 4.78 is 41.0. The molecule has 0 aromatic heterocycles. The molecule has 0 aliphatic carbocycles. The molecule has 31 heavy (non-hydrogen) atoms. The predicted octanol–water partition coefficient (Wildman–Crippen LogP) is 6.60. The Kier molecular flexibility index (Phi) is 11.1. The number of nitrogens with two attached hydrogens (primary N) is 1. The van der Waals surface area contributed by atoms with E-state index in [0.717, 1.165) is 25.7 Å². The third-order valence-electron chi connectivity index (χ3n) is 4.82. The molecule has 0 radical (unpaired) electrons. The van der Waals surface area contributed by atoms with Gasteiger partial charge in [-0.05, 0) is 61.9 Å². The van der Waals surface area contributed by atoms with Gasteiger partial charge in [-0.3, -0.25) is 4.99 Å². The van der Waals surface area contributed by atoms with Gasteiger partial charge in [-0.2, -0.15) is 0 Å². The number of aliphatic imine (C=N–C) groups is 1. The first-order valence-electron chi connectivity index (χ1n) is 10.5. The summed E-state index contributed by atoms with van der Waals surface area (Å²) in [6.07, 6.45) is 4.63. The molecule has 0 amide bonds. The molecule has 0 aliphatic rings. The van der Waals surface area contributed by atoms with Crippen LogP contribution in [-0.2, 0) is 0 Å². The van der Waals surface area contributed by atoms with E-state index in [9.17, 15) is 18.3 Å². The molecule has 7 heteroatoms. The molecule has 0 saturated carbocycles. The van der Waals surface area contributed by atoms with Gasteiger partial charge in [-0.15, -0.1) is 13.2 Å². The summed E-state index contributed by atoms with van der Waals surface area (Å²) in [7, 11) is 0. The van der Waals surface area contributed by atoms with E-state index in [0.29, 0.717) is 28.2 Å². The van der Waals surface area contributed by atoms with Crippen LogP contribution in [0.25, 0.3) is 0 Å². The highest BCUT2D eigenvalue weighted by Crippen LogP contribution is 2.28. The molecule has 0 atom stereocenters. The van der Waals surface area contributed by atoms with Crippen molar-refractivity contribution >= 4 is 11.4 Å². The third kappa shape index (κ3) is 9.00. The lowest BCUT2D eigenvalue weighted by atomic mass is 9.90. The highest BCUT2D eigenvalue weighted by atomic mass is 19.4. The Balaban J connectivity index is 3.39. The quantitative estimate of drug-likeness (QED) is 0.302. The van der Waals surface area contributed by atoms with E-state index in [1.54, 1.807) is 6.92 Å². The molecular weight excluding hydrogens is 405 g/mol. The van der Waals surface area contributed by atoms with Gasteiger partial charge in [-0.1, -0.05) is 45.4 Å². The van der Waals surface area contributed by atoms with Crippen molar-refractivity contribution in [3.8, 4) is 5.75 Å². The molecule has 0 heterocycles. The van der Waals surface area contributed by atoms with Gasteiger partial charge in [0.25, 0.3) is 0 Å². The lowest BCUT2D eigenvalue weighted by molar-refractivity contribution is -0.274. The number of unbranched alkanes of at least 4 members (excludes halogenated alkanes) is 1. The predicted molar refractivity (Wildman–Crippen MR) is 120 cm³/mol. The molecule has 0 fully saturated rings. The number of ether oxygens (including phenoxy) is 1. The lowest BCUT2D eigenvalue weighted by Crippen LogP contribution is -2.19. The molecule has 0 unspecified atom stereocenters. The van der Waals surface area contributed by atoms with Crippen molar-refractivity contribution in [1.82, 2.24) is 0 Å². The normalized spacial score (nSPS) is 14.4. The summed E-state index contributed by atoms with van der Waals surface area (Å²) in [6, 6.07) is 5.31. The van der Waals surface area contributed by atoms with E-state index >= 15 is 0 Å². The van der Waals surface area contributed by atoms with Crippen LogP contribution >= 0.6 is 0 Å². The van der Waals surface area contributed by atoms with Crippen LogP contribution in [0.5, 0.6) is 5.75 Å². The van der Waals surface area contributed by atoms with Crippen molar-refractivity contribution in [1.29, 1.82) is 0 Å². The maximum absolute atomic E-state index is 12.4. The Morgan fingerprint density at radius 1 is 1.16 bits per heavy atom. The van der Waals surface area contributed by atoms with E-state index in [1.165, 1.54) is 24.3 Å². The zero-order chi connectivity index (χ0) is 23.4. The number of nitrogens with zero attached hydrogens (tertiary/aromatic N) is 1. The summed E-state index contributed by atoms with van der Waals surface area (Å²) in [6.45, 7) is 7.75. The number of alkyl halides is 3. The SMILES string of the molecule is CCC/C=C/C=C(CO)\C(C(C)=Nc1ccc(OC(F)(F)F)cc1)=C(\N)C(CC)CC. The molecule has 1 aromatic carbocycles. The fourth-order valence-corrected chi connectivity index (χ4v) is 3.19. The second-order valence-corrected chi connectivity index (χ2v) is 7.15. The summed E-state index contributed by atoms with van der Waals surface area (Å²) >= 11 is 0. The molecule has 0 aliphatic heterocycles. The van der Waals surface area contributed by atoms with Gasteiger partial charge in [0.15, 0.2) is 0 Å². The number of hydrogen-bond donors (Lipinski definition) is 2. The van der Waals surface area contributed by atoms with Crippen LogP contribution in [0.4, 0.5) is 18.9 Å². The monoisotopic (exact) mass is 438 g/mol. The first-order valence-corrected chi connectivity index (χ1v) is 10.5. The van der Waals surface area contributed by atoms with Crippen molar-refractivity contribution in [2.24, 2.45) is 16.6 Å². The van der Waals surface area contributed by atoms with E-state index in [2.05, 4.69) is 16.7 Å². The van der Waals surface area contributed by atoms with E-state index < -0.39 is 6.36 Å². The minimum atomic E-state index is -4.74. The molecular formula is C24H33F3N2O2. The van der Waals surface area contributed by atoms with Crippen LogP contribution in [0.15, 0.2) is 64.3 Å². The summed E-state index contributed by atoms with van der Waals surface area (Å²) in [4.78, 5) is 4.55. The van der Waals surface area contributed by atoms with Gasteiger partial charge in [0.2, 0.25) is 0 Å². The van der Waals surface area contributed by atoms with Gasteiger partial charge in [-0.25, -0.2) is 0 Å². The Morgan fingerprint density at radius 3 is 2.26 bits per heavy atom.